The van der Waals surface area contributed by atoms with Gasteiger partial charge in [-0.15, -0.1) is 0 Å². The van der Waals surface area contributed by atoms with Crippen LogP contribution in [0.5, 0.6) is 0 Å². The Morgan fingerprint density at radius 2 is 1.70 bits per heavy atom. The number of fused-ring (bicyclic) bond motifs is 1. The minimum absolute atomic E-state index is 0.0594. The minimum atomic E-state index is -3.94. The van der Waals surface area contributed by atoms with Gasteiger partial charge in [-0.05, 0) is 61.0 Å². The highest BCUT2D eigenvalue weighted by molar-refractivity contribution is 7.89. The molecule has 0 fully saturated rings. The van der Waals surface area contributed by atoms with Gasteiger partial charge in [0, 0.05) is 46.9 Å². The number of hydrogen-bond acceptors (Lipinski definition) is 5. The van der Waals surface area contributed by atoms with Crippen LogP contribution in [0.1, 0.15) is 11.1 Å². The molecule has 2 N–H and O–H groups in total. The molecular formula is C27H26Cl2N4O3S. The van der Waals surface area contributed by atoms with Crippen LogP contribution >= 0.6 is 23.2 Å². The molecule has 4 aromatic rings. The summed E-state index contributed by atoms with van der Waals surface area (Å²) in [5.41, 5.74) is 3.42. The Morgan fingerprint density at radius 1 is 0.946 bits per heavy atom. The molecule has 0 spiro atoms. The number of carbonyl (C=O) groups excluding carboxylic acids is 1. The van der Waals surface area contributed by atoms with Crippen LogP contribution in [0, 0.1) is 6.92 Å². The number of hydrogen-bond donors (Lipinski definition) is 2. The predicted octanol–water partition coefficient (Wildman–Crippen LogP) is 5.27. The summed E-state index contributed by atoms with van der Waals surface area (Å²) in [4.78, 5) is 17.2. The Balaban J connectivity index is 1.42. The lowest BCUT2D eigenvalue weighted by Crippen LogP contribution is -2.41. The molecule has 0 unspecified atom stereocenters. The van der Waals surface area contributed by atoms with E-state index >= 15 is 0 Å². The molecule has 0 saturated heterocycles. The summed E-state index contributed by atoms with van der Waals surface area (Å²) in [7, 11) is -3.94. The van der Waals surface area contributed by atoms with Crippen LogP contribution < -0.4 is 10.6 Å². The number of pyridine rings is 1. The van der Waals surface area contributed by atoms with Crippen molar-refractivity contribution in [3.8, 4) is 0 Å². The van der Waals surface area contributed by atoms with Crippen molar-refractivity contribution in [3.05, 3.63) is 100 Å². The zero-order valence-electron chi connectivity index (χ0n) is 20.1. The second-order valence-electron chi connectivity index (χ2n) is 8.51. The largest absolute Gasteiger partial charge is 0.383 e. The van der Waals surface area contributed by atoms with E-state index in [2.05, 4.69) is 15.6 Å². The summed E-state index contributed by atoms with van der Waals surface area (Å²) in [6.45, 7) is 2.41. The van der Waals surface area contributed by atoms with Crippen molar-refractivity contribution in [1.29, 1.82) is 0 Å². The standard InChI is InChI=1S/C27H26Cl2N4O3S/c1-19-3-2-4-20(15-19)17-33(37(35,36)23-8-5-21(28)6-9-23)18-27(34)32-14-13-31-25-11-12-30-26-16-22(29)7-10-24(25)26/h2-12,15-16H,13-14,17-18H2,1H3,(H,30,31)(H,32,34). The maximum absolute atomic E-state index is 13.4. The number of nitrogens with zero attached hydrogens (tertiary/aromatic N) is 2. The topological polar surface area (TPSA) is 91.4 Å². The lowest BCUT2D eigenvalue weighted by Gasteiger charge is -2.22. The van der Waals surface area contributed by atoms with E-state index in [4.69, 9.17) is 23.2 Å². The summed E-state index contributed by atoms with van der Waals surface area (Å²) in [6.07, 6.45) is 1.68. The number of sulfonamides is 1. The number of aromatic nitrogens is 1. The van der Waals surface area contributed by atoms with Crippen molar-refractivity contribution in [2.45, 2.75) is 18.4 Å². The summed E-state index contributed by atoms with van der Waals surface area (Å²) < 4.78 is 28.0. The lowest BCUT2D eigenvalue weighted by molar-refractivity contribution is -0.121. The normalized spacial score (nSPS) is 11.6. The monoisotopic (exact) mass is 556 g/mol. The van der Waals surface area contributed by atoms with Crippen molar-refractivity contribution in [1.82, 2.24) is 14.6 Å². The van der Waals surface area contributed by atoms with Crippen molar-refractivity contribution < 1.29 is 13.2 Å². The van der Waals surface area contributed by atoms with Gasteiger partial charge in [-0.25, -0.2) is 8.42 Å². The van der Waals surface area contributed by atoms with Crippen LogP contribution in [0.2, 0.25) is 10.0 Å². The van der Waals surface area contributed by atoms with Gasteiger partial charge in [-0.3, -0.25) is 9.78 Å². The maximum atomic E-state index is 13.4. The van der Waals surface area contributed by atoms with E-state index in [9.17, 15) is 13.2 Å². The van der Waals surface area contributed by atoms with E-state index < -0.39 is 15.9 Å². The second kappa shape index (κ2) is 11.9. The van der Waals surface area contributed by atoms with Gasteiger partial charge in [0.1, 0.15) is 0 Å². The zero-order valence-corrected chi connectivity index (χ0v) is 22.4. The van der Waals surface area contributed by atoms with Crippen LogP contribution in [0.25, 0.3) is 10.9 Å². The van der Waals surface area contributed by atoms with E-state index in [1.165, 1.54) is 28.6 Å². The third-order valence-electron chi connectivity index (χ3n) is 5.68. The fraction of sp³-hybridized carbons (Fsp3) is 0.185. The smallest absolute Gasteiger partial charge is 0.243 e. The highest BCUT2D eigenvalue weighted by Gasteiger charge is 2.27. The minimum Gasteiger partial charge on any atom is -0.383 e. The van der Waals surface area contributed by atoms with Gasteiger partial charge >= 0.3 is 0 Å². The third-order valence-corrected chi connectivity index (χ3v) is 7.97. The summed E-state index contributed by atoms with van der Waals surface area (Å²) in [6, 6.07) is 20.8. The van der Waals surface area contributed by atoms with Crippen LogP contribution in [0.3, 0.4) is 0 Å². The molecule has 0 aliphatic carbocycles. The van der Waals surface area contributed by atoms with Gasteiger partial charge in [0.25, 0.3) is 0 Å². The number of nitrogens with one attached hydrogen (secondary N) is 2. The van der Waals surface area contributed by atoms with Gasteiger partial charge in [-0.1, -0.05) is 53.0 Å². The van der Waals surface area contributed by atoms with Gasteiger partial charge in [-0.2, -0.15) is 4.31 Å². The first-order chi connectivity index (χ1) is 17.7. The van der Waals surface area contributed by atoms with Crippen LogP contribution in [-0.2, 0) is 21.4 Å². The molecule has 4 rings (SSSR count). The van der Waals surface area contributed by atoms with Crippen molar-refractivity contribution in [2.24, 2.45) is 0 Å². The maximum Gasteiger partial charge on any atom is 0.243 e. The number of carbonyl (C=O) groups is 1. The molecule has 0 aliphatic heterocycles. The lowest BCUT2D eigenvalue weighted by atomic mass is 10.1. The zero-order chi connectivity index (χ0) is 26.4. The third kappa shape index (κ3) is 6.99. The Labute approximate surface area is 226 Å². The molecule has 7 nitrogen and oxygen atoms in total. The molecule has 3 aromatic carbocycles. The van der Waals surface area contributed by atoms with Gasteiger partial charge in [0.2, 0.25) is 15.9 Å². The van der Waals surface area contributed by atoms with E-state index in [1.54, 1.807) is 18.3 Å². The highest BCUT2D eigenvalue weighted by atomic mass is 35.5. The highest BCUT2D eigenvalue weighted by Crippen LogP contribution is 2.24. The molecule has 1 aromatic heterocycles. The number of rotatable bonds is 10. The van der Waals surface area contributed by atoms with E-state index in [1.807, 2.05) is 43.3 Å². The first-order valence-electron chi connectivity index (χ1n) is 11.6. The molecule has 0 atom stereocenters. The number of anilines is 1. The number of aryl methyl sites for hydroxylation is 1. The fourth-order valence-corrected chi connectivity index (χ4v) is 5.56. The van der Waals surface area contributed by atoms with Gasteiger partial charge in [0.05, 0.1) is 17.0 Å². The van der Waals surface area contributed by atoms with Crippen molar-refractivity contribution in [3.63, 3.8) is 0 Å². The average Bonchev–Trinajstić information content (AvgIpc) is 2.86. The second-order valence-corrected chi connectivity index (χ2v) is 11.3. The van der Waals surface area contributed by atoms with Crippen LogP contribution in [0.15, 0.2) is 83.9 Å². The summed E-state index contributed by atoms with van der Waals surface area (Å²) >= 11 is 12.0. The molecule has 10 heteroatoms. The Kier molecular flexibility index (Phi) is 8.66. The van der Waals surface area contributed by atoms with E-state index in [0.29, 0.717) is 23.1 Å². The number of benzene rings is 3. The molecule has 1 amide bonds. The summed E-state index contributed by atoms with van der Waals surface area (Å²) in [5.74, 6) is -0.404. The average molecular weight is 558 g/mol. The molecule has 0 bridgehead atoms. The summed E-state index contributed by atoms with van der Waals surface area (Å²) in [5, 5.41) is 8.03. The van der Waals surface area contributed by atoms with E-state index in [0.717, 1.165) is 27.7 Å². The first kappa shape index (κ1) is 26.9. The van der Waals surface area contributed by atoms with Crippen LogP contribution in [-0.4, -0.2) is 43.2 Å². The molecule has 0 aliphatic rings. The molecule has 37 heavy (non-hydrogen) atoms. The van der Waals surface area contributed by atoms with Crippen molar-refractivity contribution in [2.75, 3.05) is 25.0 Å². The SMILES string of the molecule is Cc1cccc(CN(CC(=O)NCCNc2ccnc3cc(Cl)ccc23)S(=O)(=O)c2ccc(Cl)cc2)c1. The molecule has 0 radical (unpaired) electrons. The van der Waals surface area contributed by atoms with E-state index in [-0.39, 0.29) is 18.0 Å². The Morgan fingerprint density at radius 3 is 2.46 bits per heavy atom. The quantitative estimate of drug-likeness (QED) is 0.259. The van der Waals surface area contributed by atoms with Gasteiger partial charge in [0.15, 0.2) is 0 Å². The predicted molar refractivity (Wildman–Crippen MR) is 148 cm³/mol. The molecule has 192 valence electrons. The van der Waals surface area contributed by atoms with Crippen molar-refractivity contribution >= 4 is 55.7 Å². The van der Waals surface area contributed by atoms with Crippen LogP contribution in [0.4, 0.5) is 5.69 Å². The Bertz CT molecular complexity index is 1510. The number of amides is 1. The number of halogens is 2. The molecule has 0 saturated carbocycles. The Hall–Kier alpha value is -3.17. The first-order valence-corrected chi connectivity index (χ1v) is 13.8. The van der Waals surface area contributed by atoms with Gasteiger partial charge < -0.3 is 10.6 Å². The fourth-order valence-electron chi connectivity index (χ4n) is 3.89. The molecular weight excluding hydrogens is 531 g/mol. The molecule has 1 heterocycles.